The van der Waals surface area contributed by atoms with E-state index >= 15 is 0 Å². The van der Waals surface area contributed by atoms with Gasteiger partial charge in [0.2, 0.25) is 0 Å². The van der Waals surface area contributed by atoms with Gasteiger partial charge < -0.3 is 0 Å². The summed E-state index contributed by atoms with van der Waals surface area (Å²) in [5.41, 5.74) is 2.65. The van der Waals surface area contributed by atoms with Crippen molar-refractivity contribution < 1.29 is 14.6 Å². The third-order valence-corrected chi connectivity index (χ3v) is 1.68. The van der Waals surface area contributed by atoms with Crippen molar-refractivity contribution in [2.24, 2.45) is 0 Å². The van der Waals surface area contributed by atoms with Gasteiger partial charge in [-0.1, -0.05) is 18.2 Å². The molecule has 1 aromatic rings. The zero-order valence-electron chi connectivity index (χ0n) is 6.65. The molecule has 0 aliphatic heterocycles. The predicted molar refractivity (Wildman–Crippen MR) is 47.5 cm³/mol. The van der Waals surface area contributed by atoms with Gasteiger partial charge in [-0.3, -0.25) is 0 Å². The maximum absolute atomic E-state index is 11.2. The number of amides is 1. The summed E-state index contributed by atoms with van der Waals surface area (Å²) in [6.45, 7) is 1.87. The van der Waals surface area contributed by atoms with Gasteiger partial charge in [0, 0.05) is 12.9 Å². The molecule has 0 fully saturated rings. The summed E-state index contributed by atoms with van der Waals surface area (Å²) in [6.07, 6.45) is 0. The highest BCUT2D eigenvalue weighted by molar-refractivity contribution is 7.74. The molecule has 0 spiro atoms. The first kappa shape index (κ1) is 9.25. The highest BCUT2D eigenvalue weighted by atomic mass is 32.1. The van der Waals surface area contributed by atoms with Gasteiger partial charge in [0.05, 0.1) is 5.56 Å². The van der Waals surface area contributed by atoms with Crippen LogP contribution in [-0.2, 0) is 4.28 Å². The van der Waals surface area contributed by atoms with Gasteiger partial charge in [0.15, 0.2) is 0 Å². The fourth-order valence-electron chi connectivity index (χ4n) is 0.961. The molecule has 0 saturated carbocycles. The van der Waals surface area contributed by atoms with E-state index in [1.54, 1.807) is 6.07 Å². The first-order valence-electron chi connectivity index (χ1n) is 3.49. The van der Waals surface area contributed by atoms with E-state index in [-0.39, 0.29) is 5.91 Å². The van der Waals surface area contributed by atoms with Gasteiger partial charge in [0.1, 0.15) is 0 Å². The van der Waals surface area contributed by atoms with E-state index in [0.717, 1.165) is 11.0 Å². The molecule has 0 atom stereocenters. The van der Waals surface area contributed by atoms with Crippen LogP contribution in [0.3, 0.4) is 0 Å². The second-order valence-electron chi connectivity index (χ2n) is 2.40. The van der Waals surface area contributed by atoms with E-state index in [0.29, 0.717) is 5.56 Å². The van der Waals surface area contributed by atoms with Gasteiger partial charge in [-0.25, -0.2) is 4.79 Å². The Bertz CT molecular complexity index is 288. The molecule has 0 saturated heterocycles. The number of carbonyl (C=O) groups excluding carboxylic acids is 1. The van der Waals surface area contributed by atoms with E-state index in [1.165, 1.54) is 0 Å². The maximum atomic E-state index is 11.2. The van der Waals surface area contributed by atoms with Gasteiger partial charge in [-0.15, -0.1) is 9.76 Å². The Hall–Kier alpha value is -0.840. The number of aryl methyl sites for hydroxylation is 1. The standard InChI is InChI=1S/C8H9NO2S/c1-6-4-2-3-5-7(6)8(10)9-11-12/h2-5,12H,1H3,(H,9,10)/p+1. The van der Waals surface area contributed by atoms with Crippen molar-refractivity contribution >= 4 is 18.8 Å². The molecule has 0 aliphatic carbocycles. The molecular weight excluding hydrogens is 174 g/mol. The Morgan fingerprint density at radius 1 is 1.50 bits per heavy atom. The summed E-state index contributed by atoms with van der Waals surface area (Å²) in [6, 6.07) is 7.32. The molecular formula is C8H10NO2S+. The quantitative estimate of drug-likeness (QED) is 0.399. The lowest BCUT2D eigenvalue weighted by Gasteiger charge is -1.98. The van der Waals surface area contributed by atoms with Crippen LogP contribution in [0.4, 0.5) is 0 Å². The maximum Gasteiger partial charge on any atom is 0.375 e. The van der Waals surface area contributed by atoms with E-state index in [2.05, 4.69) is 17.2 Å². The van der Waals surface area contributed by atoms with Crippen LogP contribution in [0, 0.1) is 6.92 Å². The summed E-state index contributed by atoms with van der Waals surface area (Å²) < 4.78 is 4.33. The first-order valence-corrected chi connectivity index (χ1v) is 3.85. The zero-order chi connectivity index (χ0) is 8.97. The Morgan fingerprint density at radius 3 is 2.75 bits per heavy atom. The highest BCUT2D eigenvalue weighted by Gasteiger charge is 2.11. The topological polar surface area (TPSA) is 42.9 Å². The molecule has 12 heavy (non-hydrogen) atoms. The van der Waals surface area contributed by atoms with E-state index < -0.39 is 0 Å². The predicted octanol–water partition coefficient (Wildman–Crippen LogP) is 0.475. The lowest BCUT2D eigenvalue weighted by molar-refractivity contribution is -0.774. The van der Waals surface area contributed by atoms with E-state index in [9.17, 15) is 4.79 Å². The second kappa shape index (κ2) is 4.25. The van der Waals surface area contributed by atoms with Crippen molar-refractivity contribution in [2.45, 2.75) is 6.92 Å². The normalized spacial score (nSPS) is 9.83. The van der Waals surface area contributed by atoms with Crippen LogP contribution in [-0.4, -0.2) is 5.91 Å². The lowest BCUT2D eigenvalue weighted by Crippen LogP contribution is -2.85. The number of nitrogens with two attached hydrogens (primary N) is 1. The second-order valence-corrected chi connectivity index (χ2v) is 2.61. The van der Waals surface area contributed by atoms with E-state index in [1.807, 2.05) is 25.1 Å². The summed E-state index contributed by atoms with van der Waals surface area (Å²) >= 11 is 3.47. The number of quaternary nitrogens is 1. The van der Waals surface area contributed by atoms with Crippen LogP contribution in [0.25, 0.3) is 0 Å². The van der Waals surface area contributed by atoms with Gasteiger partial charge in [-0.05, 0) is 18.6 Å². The smallest absolute Gasteiger partial charge is 0.222 e. The fraction of sp³-hybridized carbons (Fsp3) is 0.125. The van der Waals surface area contributed by atoms with E-state index in [4.69, 9.17) is 0 Å². The van der Waals surface area contributed by atoms with Crippen LogP contribution < -0.4 is 5.48 Å². The van der Waals surface area contributed by atoms with Crippen molar-refractivity contribution in [3.8, 4) is 0 Å². The average Bonchev–Trinajstić information content (AvgIpc) is 2.05. The summed E-state index contributed by atoms with van der Waals surface area (Å²) in [5, 5.41) is 0. The first-order chi connectivity index (χ1) is 5.75. The number of hydrogen-bond acceptors (Lipinski definition) is 3. The molecule has 4 heteroatoms. The van der Waals surface area contributed by atoms with Gasteiger partial charge in [-0.2, -0.15) is 0 Å². The number of hydroxylamine groups is 1. The van der Waals surface area contributed by atoms with Crippen LogP contribution in [0.15, 0.2) is 24.3 Å². The van der Waals surface area contributed by atoms with Crippen molar-refractivity contribution in [3.63, 3.8) is 0 Å². The third-order valence-electron chi connectivity index (χ3n) is 1.57. The minimum Gasteiger partial charge on any atom is -0.222 e. The molecule has 0 radical (unpaired) electrons. The molecule has 3 nitrogen and oxygen atoms in total. The Kier molecular flexibility index (Phi) is 3.28. The zero-order valence-corrected chi connectivity index (χ0v) is 7.54. The lowest BCUT2D eigenvalue weighted by atomic mass is 10.1. The minimum atomic E-state index is -0.164. The Labute approximate surface area is 76.3 Å². The highest BCUT2D eigenvalue weighted by Crippen LogP contribution is 2.04. The Balaban J connectivity index is 2.87. The molecule has 0 unspecified atom stereocenters. The minimum absolute atomic E-state index is 0.164. The number of hydrogen-bond donors (Lipinski definition) is 2. The molecule has 1 aromatic carbocycles. The summed E-state index contributed by atoms with van der Waals surface area (Å²) in [5.74, 6) is -0.164. The number of thiol groups is 1. The summed E-state index contributed by atoms with van der Waals surface area (Å²) in [4.78, 5) is 11.2. The molecule has 1 amide bonds. The number of rotatable bonds is 2. The molecule has 2 N–H and O–H groups in total. The number of primary amides is 1. The third kappa shape index (κ3) is 2.07. The summed E-state index contributed by atoms with van der Waals surface area (Å²) in [7, 11) is 0. The van der Waals surface area contributed by atoms with Crippen LogP contribution in [0.5, 0.6) is 0 Å². The molecule has 0 aliphatic rings. The van der Waals surface area contributed by atoms with Gasteiger partial charge in [0.25, 0.3) is 0 Å². The average molecular weight is 184 g/mol. The van der Waals surface area contributed by atoms with Crippen LogP contribution >= 0.6 is 12.9 Å². The van der Waals surface area contributed by atoms with Crippen molar-refractivity contribution in [1.29, 1.82) is 0 Å². The number of benzene rings is 1. The molecule has 0 aromatic heterocycles. The number of carbonyl (C=O) groups is 1. The van der Waals surface area contributed by atoms with Crippen molar-refractivity contribution in [3.05, 3.63) is 35.4 Å². The molecule has 0 bridgehead atoms. The van der Waals surface area contributed by atoms with Crippen LogP contribution in [0.1, 0.15) is 15.9 Å². The van der Waals surface area contributed by atoms with Gasteiger partial charge >= 0.3 is 5.91 Å². The Morgan fingerprint density at radius 2 is 2.17 bits per heavy atom. The monoisotopic (exact) mass is 184 g/mol. The molecule has 64 valence electrons. The molecule has 0 heterocycles. The van der Waals surface area contributed by atoms with Crippen molar-refractivity contribution in [1.82, 2.24) is 0 Å². The molecule has 1 rings (SSSR count). The van der Waals surface area contributed by atoms with Crippen molar-refractivity contribution in [2.75, 3.05) is 0 Å². The SMILES string of the molecule is Cc1ccccc1C(=O)[NH2+]OS. The largest absolute Gasteiger partial charge is 0.375 e. The van der Waals surface area contributed by atoms with Crippen LogP contribution in [0.2, 0.25) is 0 Å². The fourth-order valence-corrected chi connectivity index (χ4v) is 1.06.